The van der Waals surface area contributed by atoms with Gasteiger partial charge in [-0.2, -0.15) is 5.10 Å². The Bertz CT molecular complexity index is 706. The Morgan fingerprint density at radius 2 is 2.00 bits per heavy atom. The van der Waals surface area contributed by atoms with Crippen molar-refractivity contribution in [1.29, 1.82) is 0 Å². The lowest BCUT2D eigenvalue weighted by Crippen LogP contribution is -1.92. The van der Waals surface area contributed by atoms with Crippen LogP contribution in [0.4, 0.5) is 0 Å². The van der Waals surface area contributed by atoms with Gasteiger partial charge in [-0.25, -0.2) is 9.97 Å². The molecule has 0 atom stereocenters. The van der Waals surface area contributed by atoms with Crippen molar-refractivity contribution in [1.82, 2.24) is 20.2 Å². The van der Waals surface area contributed by atoms with Gasteiger partial charge in [0, 0.05) is 5.75 Å². The summed E-state index contributed by atoms with van der Waals surface area (Å²) in [5.74, 6) is 1.25. The number of aromatic amines is 1. The highest BCUT2D eigenvalue weighted by molar-refractivity contribution is 7.98. The van der Waals surface area contributed by atoms with E-state index in [9.17, 15) is 0 Å². The van der Waals surface area contributed by atoms with Gasteiger partial charge in [0.25, 0.3) is 0 Å². The van der Waals surface area contributed by atoms with Crippen molar-refractivity contribution < 1.29 is 0 Å². The molecule has 3 aromatic rings. The fourth-order valence-electron chi connectivity index (χ4n) is 2.01. The Balaban J connectivity index is 1.83. The summed E-state index contributed by atoms with van der Waals surface area (Å²) < 4.78 is 0. The number of thioether (sulfide) groups is 1. The van der Waals surface area contributed by atoms with E-state index in [2.05, 4.69) is 46.1 Å². The third-order valence-electron chi connectivity index (χ3n) is 3.09. The Kier molecular flexibility index (Phi) is 3.69. The summed E-state index contributed by atoms with van der Waals surface area (Å²) in [6.45, 7) is 4.26. The highest BCUT2D eigenvalue weighted by Crippen LogP contribution is 2.24. The van der Waals surface area contributed by atoms with Crippen molar-refractivity contribution in [3.05, 3.63) is 47.8 Å². The van der Waals surface area contributed by atoms with Gasteiger partial charge in [-0.05, 0) is 11.5 Å². The van der Waals surface area contributed by atoms with E-state index in [1.165, 1.54) is 5.56 Å². The second kappa shape index (κ2) is 5.63. The molecule has 0 amide bonds. The molecule has 102 valence electrons. The topological polar surface area (TPSA) is 54.5 Å². The molecule has 0 aliphatic carbocycles. The molecule has 2 heterocycles. The summed E-state index contributed by atoms with van der Waals surface area (Å²) in [6, 6.07) is 10.3. The predicted molar refractivity (Wildman–Crippen MR) is 81.8 cm³/mol. The van der Waals surface area contributed by atoms with Crippen LogP contribution < -0.4 is 0 Å². The van der Waals surface area contributed by atoms with Gasteiger partial charge in [0.2, 0.25) is 0 Å². The van der Waals surface area contributed by atoms with Crippen LogP contribution in [0.1, 0.15) is 31.0 Å². The molecule has 0 bridgehead atoms. The minimum absolute atomic E-state index is 0.377. The van der Waals surface area contributed by atoms with Gasteiger partial charge in [0.05, 0.1) is 11.9 Å². The van der Waals surface area contributed by atoms with Crippen LogP contribution in [0.15, 0.2) is 41.7 Å². The van der Waals surface area contributed by atoms with E-state index in [-0.39, 0.29) is 0 Å². The smallest absolute Gasteiger partial charge is 0.188 e. The van der Waals surface area contributed by atoms with E-state index in [1.54, 1.807) is 18.0 Å². The number of hydrogen-bond donors (Lipinski definition) is 1. The summed E-state index contributed by atoms with van der Waals surface area (Å²) in [6.07, 6.45) is 1.79. The molecular formula is C15H16N4S. The van der Waals surface area contributed by atoms with E-state index < -0.39 is 0 Å². The zero-order valence-electron chi connectivity index (χ0n) is 11.5. The maximum atomic E-state index is 4.63. The predicted octanol–water partition coefficient (Wildman–Crippen LogP) is 3.77. The summed E-state index contributed by atoms with van der Waals surface area (Å²) >= 11 is 1.65. The number of benzene rings is 1. The third-order valence-corrected chi connectivity index (χ3v) is 4.02. The number of rotatable bonds is 4. The van der Waals surface area contributed by atoms with Crippen molar-refractivity contribution in [3.63, 3.8) is 0 Å². The van der Waals surface area contributed by atoms with Crippen LogP contribution in [0.25, 0.3) is 11.0 Å². The summed E-state index contributed by atoms with van der Waals surface area (Å²) in [5, 5.41) is 8.09. The van der Waals surface area contributed by atoms with E-state index in [0.29, 0.717) is 5.92 Å². The number of aromatic nitrogens is 4. The van der Waals surface area contributed by atoms with Gasteiger partial charge < -0.3 is 0 Å². The van der Waals surface area contributed by atoms with Crippen molar-refractivity contribution in [2.24, 2.45) is 0 Å². The fraction of sp³-hybridized carbons (Fsp3) is 0.267. The van der Waals surface area contributed by atoms with E-state index >= 15 is 0 Å². The first-order valence-electron chi connectivity index (χ1n) is 6.62. The van der Waals surface area contributed by atoms with Crippen LogP contribution in [0, 0.1) is 0 Å². The van der Waals surface area contributed by atoms with E-state index in [1.807, 2.05) is 18.2 Å². The lowest BCUT2D eigenvalue weighted by Gasteiger charge is -2.03. The highest BCUT2D eigenvalue weighted by atomic mass is 32.2. The Morgan fingerprint density at radius 3 is 2.75 bits per heavy atom. The normalized spacial score (nSPS) is 11.3. The molecule has 0 radical (unpaired) electrons. The number of fused-ring (bicyclic) bond motifs is 1. The third kappa shape index (κ3) is 2.67. The summed E-state index contributed by atoms with van der Waals surface area (Å²) in [4.78, 5) is 8.99. The van der Waals surface area contributed by atoms with E-state index in [4.69, 9.17) is 0 Å². The fourth-order valence-corrected chi connectivity index (χ4v) is 2.78. The van der Waals surface area contributed by atoms with Crippen LogP contribution in [0.2, 0.25) is 0 Å². The Hall–Kier alpha value is -1.88. The van der Waals surface area contributed by atoms with Gasteiger partial charge >= 0.3 is 0 Å². The van der Waals surface area contributed by atoms with Crippen LogP contribution in [-0.4, -0.2) is 20.2 Å². The molecule has 3 rings (SSSR count). The van der Waals surface area contributed by atoms with Gasteiger partial charge in [0.1, 0.15) is 11.0 Å². The van der Waals surface area contributed by atoms with Crippen molar-refractivity contribution in [2.45, 2.75) is 30.7 Å². The number of H-pyrrole nitrogens is 1. The minimum atomic E-state index is 0.377. The number of nitrogens with zero attached hydrogens (tertiary/aromatic N) is 3. The molecular weight excluding hydrogens is 268 g/mol. The molecule has 0 saturated heterocycles. The minimum Gasteiger partial charge on any atom is -0.279 e. The molecule has 4 nitrogen and oxygen atoms in total. The van der Waals surface area contributed by atoms with E-state index in [0.717, 1.165) is 27.6 Å². The van der Waals surface area contributed by atoms with Gasteiger partial charge in [0.15, 0.2) is 5.16 Å². The maximum absolute atomic E-state index is 4.63. The number of hydrogen-bond acceptors (Lipinski definition) is 4. The second-order valence-corrected chi connectivity index (χ2v) is 5.90. The molecule has 5 heteroatoms. The zero-order chi connectivity index (χ0) is 13.9. The van der Waals surface area contributed by atoms with Crippen molar-refractivity contribution >= 4 is 22.8 Å². The Labute approximate surface area is 122 Å². The van der Waals surface area contributed by atoms with Crippen LogP contribution in [0.5, 0.6) is 0 Å². The average Bonchev–Trinajstić information content (AvgIpc) is 2.89. The standard InChI is InChI=1S/C15H16N4S/c1-10(2)13-14-12(18-19-13)8-16-15(17-14)20-9-11-6-4-3-5-7-11/h3-8,10H,9H2,1-2H3,(H,18,19). The van der Waals surface area contributed by atoms with Gasteiger partial charge in [-0.1, -0.05) is 55.9 Å². The molecule has 0 spiro atoms. The lowest BCUT2D eigenvalue weighted by atomic mass is 10.1. The van der Waals surface area contributed by atoms with Crippen molar-refractivity contribution in [2.75, 3.05) is 0 Å². The molecule has 0 unspecified atom stereocenters. The average molecular weight is 284 g/mol. The molecule has 1 N–H and O–H groups in total. The second-order valence-electron chi connectivity index (χ2n) is 4.95. The SMILES string of the molecule is CC(C)c1[nH]nc2cnc(SCc3ccccc3)nc12. The first-order chi connectivity index (χ1) is 9.74. The quantitative estimate of drug-likeness (QED) is 0.585. The molecule has 0 saturated carbocycles. The molecule has 0 aliphatic rings. The van der Waals surface area contributed by atoms with Gasteiger partial charge in [-0.3, -0.25) is 5.10 Å². The maximum Gasteiger partial charge on any atom is 0.188 e. The first kappa shape index (κ1) is 13.1. The van der Waals surface area contributed by atoms with Crippen LogP contribution in [-0.2, 0) is 5.75 Å². The molecule has 1 aromatic carbocycles. The summed E-state index contributed by atoms with van der Waals surface area (Å²) in [7, 11) is 0. The zero-order valence-corrected chi connectivity index (χ0v) is 12.3. The highest BCUT2D eigenvalue weighted by Gasteiger charge is 2.11. The van der Waals surface area contributed by atoms with Crippen molar-refractivity contribution in [3.8, 4) is 0 Å². The van der Waals surface area contributed by atoms with Gasteiger partial charge in [-0.15, -0.1) is 0 Å². The molecule has 0 fully saturated rings. The molecule has 2 aromatic heterocycles. The monoisotopic (exact) mass is 284 g/mol. The van der Waals surface area contributed by atoms with Crippen LogP contribution in [0.3, 0.4) is 0 Å². The largest absolute Gasteiger partial charge is 0.279 e. The van der Waals surface area contributed by atoms with Crippen LogP contribution >= 0.6 is 11.8 Å². The number of nitrogens with one attached hydrogen (secondary N) is 1. The first-order valence-corrected chi connectivity index (χ1v) is 7.60. The summed E-state index contributed by atoms with van der Waals surface area (Å²) in [5.41, 5.74) is 4.12. The molecule has 0 aliphatic heterocycles. The molecule has 20 heavy (non-hydrogen) atoms. The lowest BCUT2D eigenvalue weighted by molar-refractivity contribution is 0.814. The Morgan fingerprint density at radius 1 is 1.20 bits per heavy atom.